The molecule has 3 rings (SSSR count). The van der Waals surface area contributed by atoms with Crippen LogP contribution in [0.25, 0.3) is 11.3 Å². The van der Waals surface area contributed by atoms with Gasteiger partial charge in [-0.2, -0.15) is 5.10 Å². The van der Waals surface area contributed by atoms with Crippen LogP contribution < -0.4 is 14.9 Å². The van der Waals surface area contributed by atoms with E-state index in [2.05, 4.69) is 10.5 Å². The predicted molar refractivity (Wildman–Crippen MR) is 110 cm³/mol. The number of carbonyl (C=O) groups excluding carboxylic acids is 1. The van der Waals surface area contributed by atoms with E-state index < -0.39 is 11.9 Å². The molecule has 0 radical (unpaired) electrons. The number of nitrogens with zero attached hydrogens (tertiary/aromatic N) is 1. The van der Waals surface area contributed by atoms with E-state index in [0.29, 0.717) is 23.0 Å². The number of nitrogens with one attached hydrogen (secondary N) is 1. The topological polar surface area (TPSA) is 110 Å². The van der Waals surface area contributed by atoms with E-state index in [1.165, 1.54) is 19.4 Å². The number of hydrazone groups is 1. The number of carbonyl (C=O) groups is 2. The van der Waals surface area contributed by atoms with Gasteiger partial charge >= 0.3 is 5.97 Å². The van der Waals surface area contributed by atoms with Crippen molar-refractivity contribution in [1.82, 2.24) is 5.43 Å². The molecule has 2 N–H and O–H groups in total. The van der Waals surface area contributed by atoms with E-state index in [9.17, 15) is 9.59 Å². The number of carboxylic acid groups (broad SMARTS) is 1. The third kappa shape index (κ3) is 5.05. The number of rotatable bonds is 8. The Morgan fingerprint density at radius 1 is 1.13 bits per heavy atom. The van der Waals surface area contributed by atoms with Crippen LogP contribution >= 0.6 is 0 Å². The highest BCUT2D eigenvalue weighted by Gasteiger charge is 2.10. The van der Waals surface area contributed by atoms with Gasteiger partial charge in [0.25, 0.3) is 5.91 Å². The van der Waals surface area contributed by atoms with Crippen molar-refractivity contribution < 1.29 is 28.6 Å². The second kappa shape index (κ2) is 9.42. The highest BCUT2D eigenvalue weighted by Crippen LogP contribution is 2.26. The number of ether oxygens (including phenoxy) is 2. The van der Waals surface area contributed by atoms with Gasteiger partial charge in [-0.25, -0.2) is 10.2 Å². The first-order valence-electron chi connectivity index (χ1n) is 9.00. The van der Waals surface area contributed by atoms with Crippen LogP contribution in [-0.2, 0) is 4.79 Å². The van der Waals surface area contributed by atoms with E-state index in [-0.39, 0.29) is 12.2 Å². The molecule has 0 aliphatic heterocycles. The Balaban J connectivity index is 1.57. The van der Waals surface area contributed by atoms with Crippen molar-refractivity contribution in [2.75, 3.05) is 13.7 Å². The number of benzene rings is 2. The van der Waals surface area contributed by atoms with Gasteiger partial charge in [0.2, 0.25) is 0 Å². The molecule has 1 heterocycles. The van der Waals surface area contributed by atoms with E-state index >= 15 is 0 Å². The summed E-state index contributed by atoms with van der Waals surface area (Å²) in [7, 11) is 1.52. The Labute approximate surface area is 172 Å². The van der Waals surface area contributed by atoms with Crippen LogP contribution in [0.1, 0.15) is 21.7 Å². The van der Waals surface area contributed by atoms with Gasteiger partial charge in [0.15, 0.2) is 18.1 Å². The van der Waals surface area contributed by atoms with Gasteiger partial charge in [-0.1, -0.05) is 18.2 Å². The predicted octanol–water partition coefficient (Wildman–Crippen LogP) is 3.49. The van der Waals surface area contributed by atoms with Gasteiger partial charge in [0.05, 0.1) is 18.9 Å². The van der Waals surface area contributed by atoms with Gasteiger partial charge in [0, 0.05) is 5.56 Å². The maximum atomic E-state index is 11.9. The summed E-state index contributed by atoms with van der Waals surface area (Å²) in [6.45, 7) is 1.58. The SMILES string of the molecule is COc1ccccc1OCC(=O)N/N=C/c1ccc(-c2ccc(C(=O)O)cc2C)o1. The number of aryl methyl sites for hydroxylation is 1. The van der Waals surface area contributed by atoms with Crippen LogP contribution in [0.4, 0.5) is 0 Å². The smallest absolute Gasteiger partial charge is 0.335 e. The molecule has 0 saturated carbocycles. The molecule has 154 valence electrons. The zero-order chi connectivity index (χ0) is 21.5. The molecule has 1 amide bonds. The van der Waals surface area contributed by atoms with E-state index in [1.54, 1.807) is 55.5 Å². The monoisotopic (exact) mass is 408 g/mol. The number of hydrogen-bond donors (Lipinski definition) is 2. The molecular formula is C22H20N2O6. The average Bonchev–Trinajstić information content (AvgIpc) is 3.20. The molecule has 3 aromatic rings. The molecule has 0 saturated heterocycles. The molecule has 2 aromatic carbocycles. The summed E-state index contributed by atoms with van der Waals surface area (Å²) in [6, 6.07) is 15.2. The lowest BCUT2D eigenvalue weighted by Gasteiger charge is -2.08. The van der Waals surface area contributed by atoms with E-state index in [1.807, 2.05) is 0 Å². The van der Waals surface area contributed by atoms with Crippen molar-refractivity contribution in [3.63, 3.8) is 0 Å². The summed E-state index contributed by atoms with van der Waals surface area (Å²) >= 11 is 0. The largest absolute Gasteiger partial charge is 0.493 e. The number of amides is 1. The lowest BCUT2D eigenvalue weighted by atomic mass is 10.0. The van der Waals surface area contributed by atoms with Crippen LogP contribution in [0.5, 0.6) is 11.5 Å². The van der Waals surface area contributed by atoms with Crippen molar-refractivity contribution in [3.8, 4) is 22.8 Å². The zero-order valence-corrected chi connectivity index (χ0v) is 16.4. The fraction of sp³-hybridized carbons (Fsp3) is 0.136. The second-order valence-corrected chi connectivity index (χ2v) is 6.27. The van der Waals surface area contributed by atoms with E-state index in [4.69, 9.17) is 19.0 Å². The Kier molecular flexibility index (Phi) is 6.49. The van der Waals surface area contributed by atoms with Crippen molar-refractivity contribution in [2.45, 2.75) is 6.92 Å². The minimum Gasteiger partial charge on any atom is -0.493 e. The third-order valence-corrected chi connectivity index (χ3v) is 4.17. The molecule has 30 heavy (non-hydrogen) atoms. The third-order valence-electron chi connectivity index (χ3n) is 4.17. The van der Waals surface area contributed by atoms with Crippen molar-refractivity contribution in [3.05, 3.63) is 71.5 Å². The molecule has 0 fully saturated rings. The van der Waals surface area contributed by atoms with Gasteiger partial charge in [-0.15, -0.1) is 0 Å². The lowest BCUT2D eigenvalue weighted by Crippen LogP contribution is -2.24. The molecule has 0 bridgehead atoms. The van der Waals surface area contributed by atoms with Gasteiger partial charge in [0.1, 0.15) is 11.5 Å². The van der Waals surface area contributed by atoms with Crippen LogP contribution in [-0.4, -0.2) is 36.9 Å². The van der Waals surface area contributed by atoms with Gasteiger partial charge in [-0.05, 0) is 48.9 Å². The highest BCUT2D eigenvalue weighted by molar-refractivity contribution is 5.89. The zero-order valence-electron chi connectivity index (χ0n) is 16.4. The Bertz CT molecular complexity index is 1090. The second-order valence-electron chi connectivity index (χ2n) is 6.27. The molecule has 0 aliphatic carbocycles. The first kappa shape index (κ1) is 20.7. The normalized spacial score (nSPS) is 10.7. The minimum atomic E-state index is -0.984. The van der Waals surface area contributed by atoms with Crippen molar-refractivity contribution in [2.24, 2.45) is 5.10 Å². The number of para-hydroxylation sites is 2. The number of methoxy groups -OCH3 is 1. The molecule has 8 nitrogen and oxygen atoms in total. The van der Waals surface area contributed by atoms with Gasteiger partial charge in [-0.3, -0.25) is 4.79 Å². The number of aromatic carboxylic acids is 1. The Morgan fingerprint density at radius 3 is 2.60 bits per heavy atom. The standard InChI is InChI=1S/C22H20N2O6/c1-14-11-15(22(26)27)7-9-17(14)18-10-8-16(30-18)12-23-24-21(25)13-29-20-6-4-3-5-19(20)28-2/h3-12H,13H2,1-2H3,(H,24,25)(H,26,27)/b23-12+. The van der Waals surface area contributed by atoms with Crippen molar-refractivity contribution >= 4 is 18.1 Å². The summed E-state index contributed by atoms with van der Waals surface area (Å²) in [4.78, 5) is 22.9. The van der Waals surface area contributed by atoms with Crippen molar-refractivity contribution in [1.29, 1.82) is 0 Å². The number of carboxylic acids is 1. The fourth-order valence-corrected chi connectivity index (χ4v) is 2.72. The highest BCUT2D eigenvalue weighted by atomic mass is 16.5. The average molecular weight is 408 g/mol. The summed E-state index contributed by atoms with van der Waals surface area (Å²) < 4.78 is 16.3. The molecule has 0 spiro atoms. The molecule has 0 unspecified atom stereocenters. The molecular weight excluding hydrogens is 388 g/mol. The lowest BCUT2D eigenvalue weighted by molar-refractivity contribution is -0.123. The summed E-state index contributed by atoms with van der Waals surface area (Å²) in [5.74, 6) is 0.559. The maximum Gasteiger partial charge on any atom is 0.335 e. The fourth-order valence-electron chi connectivity index (χ4n) is 2.72. The summed E-state index contributed by atoms with van der Waals surface area (Å²) in [5.41, 5.74) is 4.11. The molecule has 1 aromatic heterocycles. The number of hydrogen-bond acceptors (Lipinski definition) is 6. The summed E-state index contributed by atoms with van der Waals surface area (Å²) in [5, 5.41) is 12.9. The maximum absolute atomic E-state index is 11.9. The molecule has 8 heteroatoms. The Morgan fingerprint density at radius 2 is 1.90 bits per heavy atom. The van der Waals surface area contributed by atoms with Crippen LogP contribution in [0.2, 0.25) is 0 Å². The van der Waals surface area contributed by atoms with Crippen LogP contribution in [0, 0.1) is 6.92 Å². The quantitative estimate of drug-likeness (QED) is 0.436. The first-order valence-corrected chi connectivity index (χ1v) is 9.00. The summed E-state index contributed by atoms with van der Waals surface area (Å²) in [6.07, 6.45) is 1.37. The molecule has 0 atom stereocenters. The van der Waals surface area contributed by atoms with Crippen LogP contribution in [0.3, 0.4) is 0 Å². The van der Waals surface area contributed by atoms with Gasteiger partial charge < -0.3 is 19.0 Å². The number of furan rings is 1. The Hall–Kier alpha value is -4.07. The van der Waals surface area contributed by atoms with Crippen LogP contribution in [0.15, 0.2) is 64.1 Å². The molecule has 0 aliphatic rings. The van der Waals surface area contributed by atoms with E-state index in [0.717, 1.165) is 11.1 Å². The first-order chi connectivity index (χ1) is 14.5. The minimum absolute atomic E-state index is 0.211.